The largest absolute Gasteiger partial charge is 0.441 e. The number of benzene rings is 1. The summed E-state index contributed by atoms with van der Waals surface area (Å²) in [6.45, 7) is 0. The molecule has 1 heterocycles. The Kier molecular flexibility index (Phi) is 2.87. The fourth-order valence-electron chi connectivity index (χ4n) is 1.36. The number of hydrogen-bond donors (Lipinski definition) is 2. The van der Waals surface area contributed by atoms with Gasteiger partial charge in [0, 0.05) is 23.6 Å². The van der Waals surface area contributed by atoms with Crippen LogP contribution in [0, 0.1) is 0 Å². The molecule has 1 aromatic carbocycles. The van der Waals surface area contributed by atoms with Crippen molar-refractivity contribution in [2.75, 3.05) is 16.7 Å². The van der Waals surface area contributed by atoms with Gasteiger partial charge in [0.1, 0.15) is 5.76 Å². The van der Waals surface area contributed by atoms with E-state index < -0.39 is 0 Å². The van der Waals surface area contributed by atoms with Gasteiger partial charge in [-0.2, -0.15) is 0 Å². The second kappa shape index (κ2) is 4.31. The Morgan fingerprint density at radius 3 is 2.80 bits per heavy atom. The van der Waals surface area contributed by atoms with Gasteiger partial charge in [0.05, 0.1) is 0 Å². The van der Waals surface area contributed by atoms with Crippen LogP contribution in [-0.4, -0.2) is 6.26 Å². The Balaban J connectivity index is 2.32. The average Bonchev–Trinajstić information content (AvgIpc) is 2.66. The lowest BCUT2D eigenvalue weighted by Crippen LogP contribution is -1.84. The molecule has 0 aliphatic heterocycles. The van der Waals surface area contributed by atoms with Gasteiger partial charge in [-0.3, -0.25) is 0 Å². The van der Waals surface area contributed by atoms with Crippen molar-refractivity contribution in [1.29, 1.82) is 0 Å². The van der Waals surface area contributed by atoms with E-state index in [9.17, 15) is 0 Å². The van der Waals surface area contributed by atoms with Crippen LogP contribution in [-0.2, 0) is 0 Å². The van der Waals surface area contributed by atoms with Gasteiger partial charge < -0.3 is 14.9 Å². The summed E-state index contributed by atoms with van der Waals surface area (Å²) in [6.07, 6.45) is 1.98. The second-order valence-corrected chi connectivity index (χ2v) is 3.70. The van der Waals surface area contributed by atoms with Gasteiger partial charge in [0.25, 0.3) is 0 Å². The fourth-order valence-corrected chi connectivity index (χ4v) is 1.72. The number of rotatable bonds is 3. The van der Waals surface area contributed by atoms with Gasteiger partial charge in [0.15, 0.2) is 5.88 Å². The Labute approximate surface area is 92.8 Å². The first-order chi connectivity index (χ1) is 7.29. The van der Waals surface area contributed by atoms with Gasteiger partial charge in [0.2, 0.25) is 0 Å². The van der Waals surface area contributed by atoms with Crippen LogP contribution in [0.5, 0.6) is 0 Å². The fraction of sp³-hybridized carbons (Fsp3) is 0.0909. The number of nitrogen functional groups attached to an aromatic ring is 1. The van der Waals surface area contributed by atoms with Gasteiger partial charge in [-0.15, -0.1) is 0 Å². The summed E-state index contributed by atoms with van der Waals surface area (Å²) in [5.74, 6) is 1.23. The first-order valence-electron chi connectivity index (χ1n) is 4.54. The number of nitrogens with two attached hydrogens (primary N) is 1. The van der Waals surface area contributed by atoms with Crippen molar-refractivity contribution in [3.63, 3.8) is 0 Å². The van der Waals surface area contributed by atoms with E-state index in [1.807, 2.05) is 36.6 Å². The molecule has 2 aromatic rings. The SMILES string of the molecule is CSNc1cccc(-c2ccc(N)o2)c1. The summed E-state index contributed by atoms with van der Waals surface area (Å²) in [7, 11) is 0. The molecule has 0 spiro atoms. The smallest absolute Gasteiger partial charge is 0.190 e. The predicted molar refractivity (Wildman–Crippen MR) is 65.7 cm³/mol. The summed E-state index contributed by atoms with van der Waals surface area (Å²) >= 11 is 1.56. The van der Waals surface area contributed by atoms with Crippen molar-refractivity contribution in [3.05, 3.63) is 36.4 Å². The Hall–Kier alpha value is -1.55. The molecule has 1 aromatic heterocycles. The first-order valence-corrected chi connectivity index (χ1v) is 5.77. The molecular formula is C11H12N2OS. The van der Waals surface area contributed by atoms with E-state index in [-0.39, 0.29) is 0 Å². The molecule has 0 atom stereocenters. The van der Waals surface area contributed by atoms with Gasteiger partial charge in [-0.25, -0.2) is 0 Å². The highest BCUT2D eigenvalue weighted by molar-refractivity contribution is 7.99. The van der Waals surface area contributed by atoms with Crippen LogP contribution in [0.4, 0.5) is 11.6 Å². The molecule has 0 aliphatic rings. The number of furan rings is 1. The second-order valence-electron chi connectivity index (χ2n) is 3.09. The van der Waals surface area contributed by atoms with Crippen molar-refractivity contribution < 1.29 is 4.42 Å². The molecule has 0 unspecified atom stereocenters. The van der Waals surface area contributed by atoms with Crippen LogP contribution in [0.3, 0.4) is 0 Å². The molecule has 0 saturated carbocycles. The van der Waals surface area contributed by atoms with Gasteiger partial charge >= 0.3 is 0 Å². The van der Waals surface area contributed by atoms with E-state index in [0.29, 0.717) is 5.88 Å². The molecule has 3 N–H and O–H groups in total. The van der Waals surface area contributed by atoms with E-state index in [0.717, 1.165) is 17.0 Å². The molecular weight excluding hydrogens is 208 g/mol. The predicted octanol–water partition coefficient (Wildman–Crippen LogP) is 3.22. The normalized spacial score (nSPS) is 10.2. The van der Waals surface area contributed by atoms with Crippen LogP contribution in [0.15, 0.2) is 40.8 Å². The average molecular weight is 220 g/mol. The Morgan fingerprint density at radius 1 is 1.27 bits per heavy atom. The van der Waals surface area contributed by atoms with Crippen molar-refractivity contribution in [1.82, 2.24) is 0 Å². The summed E-state index contributed by atoms with van der Waals surface area (Å²) < 4.78 is 8.51. The quantitative estimate of drug-likeness (QED) is 0.780. The minimum Gasteiger partial charge on any atom is -0.441 e. The van der Waals surface area contributed by atoms with Crippen molar-refractivity contribution in [3.8, 4) is 11.3 Å². The monoisotopic (exact) mass is 220 g/mol. The summed E-state index contributed by atoms with van der Waals surface area (Å²) in [6, 6.07) is 11.6. The van der Waals surface area contributed by atoms with Crippen molar-refractivity contribution >= 4 is 23.5 Å². The molecule has 15 heavy (non-hydrogen) atoms. The Bertz CT molecular complexity index is 453. The lowest BCUT2D eigenvalue weighted by atomic mass is 10.1. The summed E-state index contributed by atoms with van der Waals surface area (Å²) in [5, 5.41) is 0. The highest BCUT2D eigenvalue weighted by atomic mass is 32.2. The molecule has 3 nitrogen and oxygen atoms in total. The molecule has 0 saturated heterocycles. The minimum atomic E-state index is 0.438. The lowest BCUT2D eigenvalue weighted by molar-refractivity contribution is 0.603. The van der Waals surface area contributed by atoms with E-state index >= 15 is 0 Å². The molecule has 78 valence electrons. The molecule has 0 bridgehead atoms. The van der Waals surface area contributed by atoms with E-state index in [1.54, 1.807) is 18.0 Å². The first kappa shape index (κ1) is 9.98. The lowest BCUT2D eigenvalue weighted by Gasteiger charge is -2.03. The number of nitrogens with one attached hydrogen (secondary N) is 1. The zero-order valence-electron chi connectivity index (χ0n) is 8.36. The van der Waals surface area contributed by atoms with Crippen LogP contribution >= 0.6 is 11.9 Å². The minimum absolute atomic E-state index is 0.438. The van der Waals surface area contributed by atoms with Crippen LogP contribution < -0.4 is 10.5 Å². The summed E-state index contributed by atoms with van der Waals surface area (Å²) in [5.41, 5.74) is 7.60. The van der Waals surface area contributed by atoms with E-state index in [4.69, 9.17) is 10.2 Å². The third kappa shape index (κ3) is 2.27. The maximum Gasteiger partial charge on any atom is 0.190 e. The standard InChI is InChI=1S/C11H12N2OS/c1-15-13-9-4-2-3-8(7-9)10-5-6-11(12)14-10/h2-7,13H,12H2,1H3. The third-order valence-corrected chi connectivity index (χ3v) is 2.43. The maximum atomic E-state index is 5.53. The molecule has 0 amide bonds. The number of hydrogen-bond acceptors (Lipinski definition) is 4. The topological polar surface area (TPSA) is 51.2 Å². The van der Waals surface area contributed by atoms with Crippen LogP contribution in [0.25, 0.3) is 11.3 Å². The number of anilines is 2. The van der Waals surface area contributed by atoms with Crippen LogP contribution in [0.2, 0.25) is 0 Å². The Morgan fingerprint density at radius 2 is 2.13 bits per heavy atom. The van der Waals surface area contributed by atoms with Crippen LogP contribution in [0.1, 0.15) is 0 Å². The molecule has 0 radical (unpaired) electrons. The van der Waals surface area contributed by atoms with E-state index in [1.165, 1.54) is 0 Å². The third-order valence-electron chi connectivity index (χ3n) is 1.99. The van der Waals surface area contributed by atoms with Crippen molar-refractivity contribution in [2.24, 2.45) is 0 Å². The molecule has 2 rings (SSSR count). The zero-order valence-corrected chi connectivity index (χ0v) is 9.17. The van der Waals surface area contributed by atoms with Crippen molar-refractivity contribution in [2.45, 2.75) is 0 Å². The van der Waals surface area contributed by atoms with Gasteiger partial charge in [-0.1, -0.05) is 24.1 Å². The van der Waals surface area contributed by atoms with Gasteiger partial charge in [-0.05, 0) is 18.2 Å². The summed E-state index contributed by atoms with van der Waals surface area (Å²) in [4.78, 5) is 0. The van der Waals surface area contributed by atoms with E-state index in [2.05, 4.69) is 4.72 Å². The highest BCUT2D eigenvalue weighted by Crippen LogP contribution is 2.26. The molecule has 0 fully saturated rings. The molecule has 0 aliphatic carbocycles. The maximum absolute atomic E-state index is 5.53. The zero-order chi connectivity index (χ0) is 10.7. The highest BCUT2D eigenvalue weighted by Gasteiger charge is 2.03. The molecule has 4 heteroatoms.